The van der Waals surface area contributed by atoms with Crippen molar-refractivity contribution in [2.75, 3.05) is 0 Å². The molecule has 1 aromatic heterocycles. The van der Waals surface area contributed by atoms with Gasteiger partial charge in [-0.15, -0.1) is 11.3 Å². The molecule has 1 unspecified atom stereocenters. The molecule has 0 spiro atoms. The predicted molar refractivity (Wildman–Crippen MR) is 61.9 cm³/mol. The summed E-state index contributed by atoms with van der Waals surface area (Å²) in [6.45, 7) is 1.72. The zero-order chi connectivity index (χ0) is 11.6. The first kappa shape index (κ1) is 10.8. The fraction of sp³-hybridized carbons (Fsp3) is 0.167. The zero-order valence-corrected chi connectivity index (χ0v) is 9.53. The second-order valence-corrected chi connectivity index (χ2v) is 4.51. The standard InChI is InChI=1S/C12H10N2OS/c1-12(15,11-7-14-8-16-11)10-4-2-9(6-13)3-5-10/h2-5,7-8,15H,1H3. The summed E-state index contributed by atoms with van der Waals surface area (Å²) in [5, 5.41) is 19.1. The average molecular weight is 230 g/mol. The molecule has 1 N–H and O–H groups in total. The maximum Gasteiger partial charge on any atom is 0.122 e. The summed E-state index contributed by atoms with van der Waals surface area (Å²) in [6.07, 6.45) is 1.66. The molecule has 2 rings (SSSR count). The molecule has 0 aliphatic rings. The highest BCUT2D eigenvalue weighted by atomic mass is 32.1. The molecule has 0 aliphatic heterocycles. The lowest BCUT2D eigenvalue weighted by atomic mass is 9.94. The third-order valence-corrected chi connectivity index (χ3v) is 3.47. The van der Waals surface area contributed by atoms with Gasteiger partial charge in [-0.1, -0.05) is 12.1 Å². The summed E-state index contributed by atoms with van der Waals surface area (Å²) in [4.78, 5) is 4.74. The highest BCUT2D eigenvalue weighted by molar-refractivity contribution is 7.09. The lowest BCUT2D eigenvalue weighted by molar-refractivity contribution is 0.106. The zero-order valence-electron chi connectivity index (χ0n) is 8.71. The van der Waals surface area contributed by atoms with E-state index in [1.807, 2.05) is 6.07 Å². The van der Waals surface area contributed by atoms with Crippen LogP contribution in [0.15, 0.2) is 36.0 Å². The number of rotatable bonds is 2. The first-order chi connectivity index (χ1) is 7.64. The predicted octanol–water partition coefficient (Wildman–Crippen LogP) is 2.27. The molecule has 80 valence electrons. The van der Waals surface area contributed by atoms with Crippen LogP contribution in [0.25, 0.3) is 0 Å². The van der Waals surface area contributed by atoms with Crippen LogP contribution in [0.5, 0.6) is 0 Å². The number of hydrogen-bond acceptors (Lipinski definition) is 4. The Morgan fingerprint density at radius 1 is 1.38 bits per heavy atom. The third kappa shape index (κ3) is 1.83. The lowest BCUT2D eigenvalue weighted by Gasteiger charge is -2.21. The molecule has 0 aliphatic carbocycles. The third-order valence-electron chi connectivity index (χ3n) is 2.49. The van der Waals surface area contributed by atoms with E-state index in [0.717, 1.165) is 10.4 Å². The number of aliphatic hydroxyl groups is 1. The lowest BCUT2D eigenvalue weighted by Crippen LogP contribution is -2.21. The molecule has 0 amide bonds. The van der Waals surface area contributed by atoms with Gasteiger partial charge in [0.2, 0.25) is 0 Å². The Balaban J connectivity index is 2.40. The van der Waals surface area contributed by atoms with Crippen molar-refractivity contribution in [3.63, 3.8) is 0 Å². The van der Waals surface area contributed by atoms with Gasteiger partial charge in [-0.2, -0.15) is 5.26 Å². The molecule has 16 heavy (non-hydrogen) atoms. The number of benzene rings is 1. The number of hydrogen-bond donors (Lipinski definition) is 1. The van der Waals surface area contributed by atoms with Crippen LogP contribution >= 0.6 is 11.3 Å². The number of thiazole rings is 1. The average Bonchev–Trinajstić information content (AvgIpc) is 2.83. The van der Waals surface area contributed by atoms with E-state index >= 15 is 0 Å². The second-order valence-electron chi connectivity index (χ2n) is 3.63. The molecule has 0 radical (unpaired) electrons. The number of nitrogens with zero attached hydrogens (tertiary/aromatic N) is 2. The van der Waals surface area contributed by atoms with Gasteiger partial charge >= 0.3 is 0 Å². The Labute approximate surface area is 97.6 Å². The van der Waals surface area contributed by atoms with Crippen LogP contribution in [0, 0.1) is 11.3 Å². The molecule has 4 heteroatoms. The molecular weight excluding hydrogens is 220 g/mol. The van der Waals surface area contributed by atoms with Crippen molar-refractivity contribution in [1.82, 2.24) is 4.98 Å². The molecule has 0 saturated carbocycles. The molecule has 2 aromatic rings. The maximum atomic E-state index is 10.4. The van der Waals surface area contributed by atoms with Crippen molar-refractivity contribution < 1.29 is 5.11 Å². The monoisotopic (exact) mass is 230 g/mol. The van der Waals surface area contributed by atoms with Gasteiger partial charge in [0.15, 0.2) is 0 Å². The minimum absolute atomic E-state index is 0.587. The summed E-state index contributed by atoms with van der Waals surface area (Å²) >= 11 is 1.41. The van der Waals surface area contributed by atoms with Crippen LogP contribution < -0.4 is 0 Å². The van der Waals surface area contributed by atoms with Crippen LogP contribution in [0.2, 0.25) is 0 Å². The quantitative estimate of drug-likeness (QED) is 0.861. The van der Waals surface area contributed by atoms with Gasteiger partial charge in [-0.3, -0.25) is 4.98 Å². The van der Waals surface area contributed by atoms with E-state index in [2.05, 4.69) is 4.98 Å². The summed E-state index contributed by atoms with van der Waals surface area (Å²) in [5.41, 5.74) is 1.99. The molecule has 1 heterocycles. The highest BCUT2D eigenvalue weighted by Crippen LogP contribution is 2.31. The van der Waals surface area contributed by atoms with Crippen molar-refractivity contribution in [3.05, 3.63) is 52.0 Å². The Kier molecular flexibility index (Phi) is 2.73. The van der Waals surface area contributed by atoms with Crippen LogP contribution in [0.4, 0.5) is 0 Å². The summed E-state index contributed by atoms with van der Waals surface area (Å²) in [5.74, 6) is 0. The Bertz CT molecular complexity index is 509. The van der Waals surface area contributed by atoms with Crippen molar-refractivity contribution in [1.29, 1.82) is 5.26 Å². The molecule has 0 fully saturated rings. The van der Waals surface area contributed by atoms with Crippen molar-refractivity contribution in [2.24, 2.45) is 0 Å². The summed E-state index contributed by atoms with van der Waals surface area (Å²) in [7, 11) is 0. The van der Waals surface area contributed by atoms with Crippen LogP contribution in [0.1, 0.15) is 22.9 Å². The largest absolute Gasteiger partial charge is 0.380 e. The van der Waals surface area contributed by atoms with E-state index in [9.17, 15) is 5.11 Å². The van der Waals surface area contributed by atoms with E-state index < -0.39 is 5.60 Å². The smallest absolute Gasteiger partial charge is 0.122 e. The van der Waals surface area contributed by atoms with Crippen molar-refractivity contribution in [3.8, 4) is 6.07 Å². The maximum absolute atomic E-state index is 10.4. The van der Waals surface area contributed by atoms with E-state index in [1.54, 1.807) is 42.9 Å². The SMILES string of the molecule is CC(O)(c1ccc(C#N)cc1)c1cncs1. The minimum atomic E-state index is -1.05. The van der Waals surface area contributed by atoms with Gasteiger partial charge < -0.3 is 5.11 Å². The van der Waals surface area contributed by atoms with Crippen molar-refractivity contribution in [2.45, 2.75) is 12.5 Å². The van der Waals surface area contributed by atoms with E-state index in [0.29, 0.717) is 5.56 Å². The fourth-order valence-electron chi connectivity index (χ4n) is 1.47. The Hall–Kier alpha value is -1.70. The van der Waals surface area contributed by atoms with Gasteiger partial charge in [0, 0.05) is 6.20 Å². The first-order valence-electron chi connectivity index (χ1n) is 4.76. The molecule has 0 bridgehead atoms. The van der Waals surface area contributed by atoms with Gasteiger partial charge in [-0.25, -0.2) is 0 Å². The molecular formula is C12H10N2OS. The van der Waals surface area contributed by atoms with Gasteiger partial charge in [0.25, 0.3) is 0 Å². The van der Waals surface area contributed by atoms with Crippen LogP contribution in [0.3, 0.4) is 0 Å². The molecule has 1 aromatic carbocycles. The summed E-state index contributed by atoms with van der Waals surface area (Å²) in [6, 6.07) is 8.97. The van der Waals surface area contributed by atoms with Crippen LogP contribution in [-0.2, 0) is 5.60 Å². The van der Waals surface area contributed by atoms with Crippen LogP contribution in [-0.4, -0.2) is 10.1 Å². The molecule has 0 saturated heterocycles. The second kappa shape index (κ2) is 4.05. The molecule has 1 atom stereocenters. The Morgan fingerprint density at radius 2 is 2.06 bits per heavy atom. The topological polar surface area (TPSA) is 56.9 Å². The first-order valence-corrected chi connectivity index (χ1v) is 5.64. The van der Waals surface area contributed by atoms with Gasteiger partial charge in [0.05, 0.1) is 22.0 Å². The van der Waals surface area contributed by atoms with Crippen molar-refractivity contribution >= 4 is 11.3 Å². The van der Waals surface area contributed by atoms with E-state index in [-0.39, 0.29) is 0 Å². The number of nitriles is 1. The molecule has 3 nitrogen and oxygen atoms in total. The van der Waals surface area contributed by atoms with E-state index in [1.165, 1.54) is 11.3 Å². The summed E-state index contributed by atoms with van der Waals surface area (Å²) < 4.78 is 0. The fourth-order valence-corrected chi connectivity index (χ4v) is 2.17. The normalized spacial score (nSPS) is 14.1. The minimum Gasteiger partial charge on any atom is -0.380 e. The highest BCUT2D eigenvalue weighted by Gasteiger charge is 2.26. The van der Waals surface area contributed by atoms with Gasteiger partial charge in [-0.05, 0) is 24.6 Å². The Morgan fingerprint density at radius 3 is 2.56 bits per heavy atom. The van der Waals surface area contributed by atoms with Gasteiger partial charge in [0.1, 0.15) is 5.60 Å². The number of aromatic nitrogens is 1. The van der Waals surface area contributed by atoms with E-state index in [4.69, 9.17) is 5.26 Å².